The van der Waals surface area contributed by atoms with Crippen LogP contribution in [0.5, 0.6) is 0 Å². The van der Waals surface area contributed by atoms with Gasteiger partial charge in [0.05, 0.1) is 24.6 Å². The zero-order valence-electron chi connectivity index (χ0n) is 11.9. The summed E-state index contributed by atoms with van der Waals surface area (Å²) >= 11 is 1.11. The molecule has 0 unspecified atom stereocenters. The number of hydrogen-bond acceptors (Lipinski definition) is 7. The van der Waals surface area contributed by atoms with Crippen molar-refractivity contribution in [1.29, 1.82) is 0 Å². The molecule has 1 aromatic heterocycles. The van der Waals surface area contributed by atoms with Crippen molar-refractivity contribution in [3.63, 3.8) is 0 Å². The van der Waals surface area contributed by atoms with Crippen molar-refractivity contribution in [3.8, 4) is 0 Å². The first kappa shape index (κ1) is 15.6. The van der Waals surface area contributed by atoms with Gasteiger partial charge in [0.15, 0.2) is 0 Å². The summed E-state index contributed by atoms with van der Waals surface area (Å²) in [6.07, 6.45) is 1.39. The Morgan fingerprint density at radius 2 is 2.14 bits per heavy atom. The first-order valence-corrected chi connectivity index (χ1v) is 7.01. The van der Waals surface area contributed by atoms with E-state index in [0.717, 1.165) is 11.3 Å². The number of rotatable bonds is 5. The lowest BCUT2D eigenvalue weighted by molar-refractivity contribution is 0.0604. The van der Waals surface area contributed by atoms with Gasteiger partial charge in [0.25, 0.3) is 0 Å². The summed E-state index contributed by atoms with van der Waals surface area (Å²) in [6, 6.07) is 6.49. The lowest BCUT2D eigenvalue weighted by Gasteiger charge is -1.99. The Balaban J connectivity index is 2.14. The van der Waals surface area contributed by atoms with Gasteiger partial charge in [-0.2, -0.15) is 5.10 Å². The van der Waals surface area contributed by atoms with Crippen molar-refractivity contribution in [2.75, 3.05) is 12.5 Å². The smallest absolute Gasteiger partial charge is 0.350 e. The first-order chi connectivity index (χ1) is 10.5. The molecule has 0 aliphatic carbocycles. The number of thiazole rings is 1. The number of methoxy groups -OCH3 is 1. The molecule has 7 nitrogen and oxygen atoms in total. The van der Waals surface area contributed by atoms with Crippen LogP contribution in [0.1, 0.15) is 31.3 Å². The maximum atomic E-state index is 11.5. The SMILES string of the molecule is COC(=O)c1sc(N/N=C\c2ccccc2C(=O)O)nc1C. The van der Waals surface area contributed by atoms with Crippen LogP contribution in [0.25, 0.3) is 0 Å². The summed E-state index contributed by atoms with van der Waals surface area (Å²) in [4.78, 5) is 27.1. The van der Waals surface area contributed by atoms with Crippen molar-refractivity contribution in [3.05, 3.63) is 46.0 Å². The number of aromatic carboxylic acids is 1. The number of carboxylic acid groups (broad SMARTS) is 1. The molecule has 0 atom stereocenters. The van der Waals surface area contributed by atoms with Crippen LogP contribution in [0.2, 0.25) is 0 Å². The zero-order chi connectivity index (χ0) is 16.1. The Kier molecular flexibility index (Phi) is 4.84. The zero-order valence-corrected chi connectivity index (χ0v) is 12.7. The number of aromatic nitrogens is 1. The molecule has 0 bridgehead atoms. The molecule has 0 saturated heterocycles. The first-order valence-electron chi connectivity index (χ1n) is 6.20. The minimum atomic E-state index is -1.03. The van der Waals surface area contributed by atoms with Gasteiger partial charge in [-0.25, -0.2) is 14.6 Å². The van der Waals surface area contributed by atoms with Crippen molar-refractivity contribution in [2.24, 2.45) is 5.10 Å². The molecule has 1 aromatic carbocycles. The third kappa shape index (κ3) is 3.47. The van der Waals surface area contributed by atoms with Crippen LogP contribution in [0.4, 0.5) is 5.13 Å². The van der Waals surface area contributed by atoms with E-state index in [1.54, 1.807) is 25.1 Å². The Bertz CT molecular complexity index is 739. The van der Waals surface area contributed by atoms with E-state index in [0.29, 0.717) is 21.3 Å². The molecule has 0 spiro atoms. The Morgan fingerprint density at radius 3 is 2.82 bits per heavy atom. The molecule has 0 amide bonds. The van der Waals surface area contributed by atoms with Gasteiger partial charge < -0.3 is 9.84 Å². The lowest BCUT2D eigenvalue weighted by Crippen LogP contribution is -2.02. The molecule has 2 aromatic rings. The fraction of sp³-hybridized carbons (Fsp3) is 0.143. The molecule has 2 rings (SSSR count). The minimum Gasteiger partial charge on any atom is -0.478 e. The topological polar surface area (TPSA) is 101 Å². The molecule has 114 valence electrons. The predicted molar refractivity (Wildman–Crippen MR) is 82.8 cm³/mol. The highest BCUT2D eigenvalue weighted by Crippen LogP contribution is 2.23. The molecule has 22 heavy (non-hydrogen) atoms. The number of hydrazone groups is 1. The van der Waals surface area contributed by atoms with Gasteiger partial charge >= 0.3 is 11.9 Å². The third-order valence-electron chi connectivity index (χ3n) is 2.72. The monoisotopic (exact) mass is 319 g/mol. The molecule has 0 radical (unpaired) electrons. The average molecular weight is 319 g/mol. The van der Waals surface area contributed by atoms with Gasteiger partial charge in [0.2, 0.25) is 5.13 Å². The normalized spacial score (nSPS) is 10.6. The van der Waals surface area contributed by atoms with Crippen molar-refractivity contribution < 1.29 is 19.4 Å². The summed E-state index contributed by atoms with van der Waals surface area (Å²) in [5, 5.41) is 13.4. The lowest BCUT2D eigenvalue weighted by atomic mass is 10.1. The average Bonchev–Trinajstić information content (AvgIpc) is 2.87. The second-order valence-electron chi connectivity index (χ2n) is 4.19. The van der Waals surface area contributed by atoms with E-state index in [1.165, 1.54) is 19.4 Å². The molecular weight excluding hydrogens is 306 g/mol. The second kappa shape index (κ2) is 6.81. The van der Waals surface area contributed by atoms with E-state index in [1.807, 2.05) is 0 Å². The second-order valence-corrected chi connectivity index (χ2v) is 5.19. The van der Waals surface area contributed by atoms with Crippen LogP contribution >= 0.6 is 11.3 Å². The maximum absolute atomic E-state index is 11.5. The van der Waals surface area contributed by atoms with E-state index in [-0.39, 0.29) is 5.56 Å². The Labute approximate surface area is 130 Å². The van der Waals surface area contributed by atoms with Crippen LogP contribution in [0.15, 0.2) is 29.4 Å². The largest absolute Gasteiger partial charge is 0.478 e. The molecule has 8 heteroatoms. The Hall–Kier alpha value is -2.74. The van der Waals surface area contributed by atoms with Crippen molar-refractivity contribution in [2.45, 2.75) is 6.92 Å². The molecule has 2 N–H and O–H groups in total. The van der Waals surface area contributed by atoms with Gasteiger partial charge in [0, 0.05) is 5.56 Å². The van der Waals surface area contributed by atoms with Crippen LogP contribution in [0.3, 0.4) is 0 Å². The fourth-order valence-corrected chi connectivity index (χ4v) is 2.52. The third-order valence-corrected chi connectivity index (χ3v) is 3.76. The van der Waals surface area contributed by atoms with Crippen LogP contribution in [0, 0.1) is 6.92 Å². The predicted octanol–water partition coefficient (Wildman–Crippen LogP) is 2.38. The standard InChI is InChI=1S/C14H13N3O4S/c1-8-11(13(20)21-2)22-14(16-8)17-15-7-9-5-3-4-6-10(9)12(18)19/h3-7H,1-2H3,(H,16,17)(H,18,19)/b15-7-. The molecule has 1 heterocycles. The quantitative estimate of drug-likeness (QED) is 0.498. The Morgan fingerprint density at radius 1 is 1.41 bits per heavy atom. The van der Waals surface area contributed by atoms with Gasteiger partial charge in [-0.05, 0) is 13.0 Å². The summed E-state index contributed by atoms with van der Waals surface area (Å²) in [5.74, 6) is -1.48. The van der Waals surface area contributed by atoms with Crippen molar-refractivity contribution in [1.82, 2.24) is 4.98 Å². The number of carboxylic acids is 1. The number of hydrogen-bond donors (Lipinski definition) is 2. The molecule has 0 fully saturated rings. The van der Waals surface area contributed by atoms with E-state index in [4.69, 9.17) is 5.11 Å². The molecule has 0 aliphatic rings. The van der Waals surface area contributed by atoms with Gasteiger partial charge in [-0.1, -0.05) is 29.5 Å². The highest BCUT2D eigenvalue weighted by Gasteiger charge is 2.15. The van der Waals surface area contributed by atoms with Gasteiger partial charge in [-0.15, -0.1) is 0 Å². The summed E-state index contributed by atoms with van der Waals surface area (Å²) in [5.41, 5.74) is 3.83. The van der Waals surface area contributed by atoms with Crippen molar-refractivity contribution >= 4 is 34.6 Å². The molecular formula is C14H13N3O4S. The van der Waals surface area contributed by atoms with Crippen LogP contribution in [-0.2, 0) is 4.74 Å². The highest BCUT2D eigenvalue weighted by molar-refractivity contribution is 7.17. The number of carbonyl (C=O) groups excluding carboxylic acids is 1. The number of aryl methyl sites for hydroxylation is 1. The minimum absolute atomic E-state index is 0.151. The van der Waals surface area contributed by atoms with E-state index >= 15 is 0 Å². The number of benzene rings is 1. The highest BCUT2D eigenvalue weighted by atomic mass is 32.1. The summed E-state index contributed by atoms with van der Waals surface area (Å²) in [7, 11) is 1.30. The summed E-state index contributed by atoms with van der Waals surface area (Å²) in [6.45, 7) is 1.69. The van der Waals surface area contributed by atoms with E-state index in [2.05, 4.69) is 20.2 Å². The number of carbonyl (C=O) groups is 2. The number of nitrogens with zero attached hydrogens (tertiary/aromatic N) is 2. The molecule has 0 saturated carbocycles. The number of anilines is 1. The summed E-state index contributed by atoms with van der Waals surface area (Å²) < 4.78 is 4.65. The van der Waals surface area contributed by atoms with E-state index in [9.17, 15) is 9.59 Å². The van der Waals surface area contributed by atoms with Gasteiger partial charge in [0.1, 0.15) is 4.88 Å². The van der Waals surface area contributed by atoms with E-state index < -0.39 is 11.9 Å². The number of nitrogens with one attached hydrogen (secondary N) is 1. The van der Waals surface area contributed by atoms with Crippen LogP contribution < -0.4 is 5.43 Å². The number of ether oxygens (including phenoxy) is 1. The van der Waals surface area contributed by atoms with Crippen LogP contribution in [-0.4, -0.2) is 35.4 Å². The van der Waals surface area contributed by atoms with Gasteiger partial charge in [-0.3, -0.25) is 5.43 Å². The molecule has 0 aliphatic heterocycles. The number of esters is 1. The maximum Gasteiger partial charge on any atom is 0.350 e. The fourth-order valence-electron chi connectivity index (χ4n) is 1.69.